The van der Waals surface area contributed by atoms with Crippen LogP contribution < -0.4 is 10.1 Å². The van der Waals surface area contributed by atoms with Gasteiger partial charge in [0.15, 0.2) is 5.13 Å². The largest absolute Gasteiger partial charge is 0.494 e. The molecule has 1 aromatic carbocycles. The van der Waals surface area contributed by atoms with Crippen LogP contribution in [0.4, 0.5) is 5.13 Å². The number of amides is 1. The van der Waals surface area contributed by atoms with E-state index in [1.165, 1.54) is 21.7 Å². The molecule has 2 aromatic heterocycles. The number of hydrogen-bond acceptors (Lipinski definition) is 7. The summed E-state index contributed by atoms with van der Waals surface area (Å²) in [5.41, 5.74) is 1.64. The number of anilines is 1. The molecule has 0 radical (unpaired) electrons. The molecule has 170 valence electrons. The summed E-state index contributed by atoms with van der Waals surface area (Å²) in [5.74, 6) is 0.411. The van der Waals surface area contributed by atoms with E-state index in [4.69, 9.17) is 16.3 Å². The summed E-state index contributed by atoms with van der Waals surface area (Å²) in [4.78, 5) is 17.5. The molecular formula is C21H22ClN3O4S3. The van der Waals surface area contributed by atoms with Gasteiger partial charge in [-0.2, -0.15) is 4.31 Å². The van der Waals surface area contributed by atoms with Gasteiger partial charge in [-0.1, -0.05) is 18.0 Å². The maximum absolute atomic E-state index is 13.1. The molecule has 7 nitrogen and oxygen atoms in total. The topological polar surface area (TPSA) is 88.6 Å². The highest BCUT2D eigenvalue weighted by Crippen LogP contribution is 2.33. The van der Waals surface area contributed by atoms with Crippen LogP contribution in [0.25, 0.3) is 11.3 Å². The zero-order valence-electron chi connectivity index (χ0n) is 17.3. The number of benzene rings is 1. The number of aromatic nitrogens is 1. The molecule has 3 aromatic rings. The van der Waals surface area contributed by atoms with Gasteiger partial charge in [0.05, 0.1) is 16.6 Å². The molecule has 3 heterocycles. The molecule has 1 aliphatic heterocycles. The van der Waals surface area contributed by atoms with Crippen molar-refractivity contribution >= 4 is 55.3 Å². The SMILES string of the molecule is CCOc1ccc(-c2csc(NC(=O)C3CCCCN3S(=O)(=O)c3ccc(Cl)s3)n2)cc1. The Bertz CT molecular complexity index is 1190. The summed E-state index contributed by atoms with van der Waals surface area (Å²) >= 11 is 8.23. The van der Waals surface area contributed by atoms with E-state index in [1.807, 2.05) is 36.6 Å². The second-order valence-electron chi connectivity index (χ2n) is 7.17. The predicted octanol–water partition coefficient (Wildman–Crippen LogP) is 5.11. The first-order valence-corrected chi connectivity index (χ1v) is 13.7. The van der Waals surface area contributed by atoms with Crippen LogP contribution in [0.2, 0.25) is 4.34 Å². The van der Waals surface area contributed by atoms with Crippen LogP contribution in [-0.4, -0.2) is 42.8 Å². The minimum Gasteiger partial charge on any atom is -0.494 e. The Kier molecular flexibility index (Phi) is 7.16. The molecule has 32 heavy (non-hydrogen) atoms. The number of ether oxygens (including phenoxy) is 1. The van der Waals surface area contributed by atoms with E-state index in [9.17, 15) is 13.2 Å². The summed E-state index contributed by atoms with van der Waals surface area (Å²) in [5, 5.41) is 5.09. The zero-order valence-corrected chi connectivity index (χ0v) is 20.5. The molecule has 1 atom stereocenters. The molecule has 1 amide bonds. The van der Waals surface area contributed by atoms with Crippen LogP contribution in [-0.2, 0) is 14.8 Å². The number of carbonyl (C=O) groups excluding carboxylic acids is 1. The van der Waals surface area contributed by atoms with Crippen molar-refractivity contribution in [2.75, 3.05) is 18.5 Å². The second-order valence-corrected chi connectivity index (χ2v) is 11.9. The Hall–Kier alpha value is -1.98. The van der Waals surface area contributed by atoms with Crippen molar-refractivity contribution in [3.05, 3.63) is 46.1 Å². The maximum atomic E-state index is 13.1. The van der Waals surface area contributed by atoms with Gasteiger partial charge >= 0.3 is 0 Å². The van der Waals surface area contributed by atoms with Crippen LogP contribution in [0.5, 0.6) is 5.75 Å². The molecule has 1 aliphatic rings. The van der Waals surface area contributed by atoms with Gasteiger partial charge in [-0.3, -0.25) is 4.79 Å². The third-order valence-corrected chi connectivity index (χ3v) is 9.43. The van der Waals surface area contributed by atoms with Crippen LogP contribution in [0.1, 0.15) is 26.2 Å². The fourth-order valence-corrected chi connectivity index (χ4v) is 7.54. The molecule has 0 aliphatic carbocycles. The van der Waals surface area contributed by atoms with Gasteiger partial charge in [0.1, 0.15) is 16.0 Å². The summed E-state index contributed by atoms with van der Waals surface area (Å²) < 4.78 is 33.5. The Morgan fingerprint density at radius 3 is 2.72 bits per heavy atom. The molecule has 1 unspecified atom stereocenters. The van der Waals surface area contributed by atoms with Gasteiger partial charge in [-0.05, 0) is 56.2 Å². The van der Waals surface area contributed by atoms with Crippen molar-refractivity contribution in [1.82, 2.24) is 9.29 Å². The van der Waals surface area contributed by atoms with Gasteiger partial charge in [0, 0.05) is 17.5 Å². The quantitative estimate of drug-likeness (QED) is 0.476. The highest BCUT2D eigenvalue weighted by atomic mass is 35.5. The van der Waals surface area contributed by atoms with E-state index >= 15 is 0 Å². The lowest BCUT2D eigenvalue weighted by atomic mass is 10.0. The average Bonchev–Trinajstić information content (AvgIpc) is 3.44. The number of sulfonamides is 1. The van der Waals surface area contributed by atoms with E-state index in [1.54, 1.807) is 6.07 Å². The monoisotopic (exact) mass is 511 g/mol. The minimum absolute atomic E-state index is 0.147. The Labute approximate surface area is 200 Å². The number of hydrogen-bond donors (Lipinski definition) is 1. The minimum atomic E-state index is -3.80. The fourth-order valence-electron chi connectivity index (χ4n) is 3.55. The number of rotatable bonds is 7. The van der Waals surface area contributed by atoms with Crippen molar-refractivity contribution in [1.29, 1.82) is 0 Å². The fraction of sp³-hybridized carbons (Fsp3) is 0.333. The number of nitrogens with one attached hydrogen (secondary N) is 1. The van der Waals surface area contributed by atoms with Gasteiger partial charge in [-0.15, -0.1) is 22.7 Å². The first kappa shape index (κ1) is 23.2. The van der Waals surface area contributed by atoms with Gasteiger partial charge in [0.25, 0.3) is 10.0 Å². The zero-order chi connectivity index (χ0) is 22.7. The highest BCUT2D eigenvalue weighted by molar-refractivity contribution is 7.91. The summed E-state index contributed by atoms with van der Waals surface area (Å²) in [6.07, 6.45) is 1.95. The predicted molar refractivity (Wildman–Crippen MR) is 128 cm³/mol. The van der Waals surface area contributed by atoms with Crippen molar-refractivity contribution < 1.29 is 17.9 Å². The first-order valence-electron chi connectivity index (χ1n) is 10.2. The number of thiophene rings is 1. The van der Waals surface area contributed by atoms with Crippen molar-refractivity contribution in [3.63, 3.8) is 0 Å². The van der Waals surface area contributed by atoms with Crippen LogP contribution >= 0.6 is 34.3 Å². The lowest BCUT2D eigenvalue weighted by Gasteiger charge is -2.32. The van der Waals surface area contributed by atoms with E-state index in [0.29, 0.717) is 35.5 Å². The van der Waals surface area contributed by atoms with Crippen LogP contribution in [0.3, 0.4) is 0 Å². The number of thiazole rings is 1. The summed E-state index contributed by atoms with van der Waals surface area (Å²) in [7, 11) is -3.80. The van der Waals surface area contributed by atoms with E-state index in [0.717, 1.165) is 34.8 Å². The standard InChI is InChI=1S/C21H22ClN3O4S3/c1-2-29-15-8-6-14(7-9-15)16-13-30-21(23-16)24-20(26)17-5-3-4-12-25(17)32(27,28)19-11-10-18(22)31-19/h6-11,13,17H,2-5,12H2,1H3,(H,23,24,26). The van der Waals surface area contributed by atoms with Gasteiger partial charge < -0.3 is 10.1 Å². The molecule has 1 N–H and O–H groups in total. The molecule has 0 saturated carbocycles. The van der Waals surface area contributed by atoms with Crippen LogP contribution in [0, 0.1) is 0 Å². The van der Waals surface area contributed by atoms with Gasteiger partial charge in [0.2, 0.25) is 5.91 Å². The number of nitrogens with zero attached hydrogens (tertiary/aromatic N) is 2. The van der Waals surface area contributed by atoms with E-state index in [2.05, 4.69) is 10.3 Å². The summed E-state index contributed by atoms with van der Waals surface area (Å²) in [6.45, 7) is 2.82. The second kappa shape index (κ2) is 9.88. The smallest absolute Gasteiger partial charge is 0.253 e. The van der Waals surface area contributed by atoms with E-state index in [-0.39, 0.29) is 10.1 Å². The maximum Gasteiger partial charge on any atom is 0.253 e. The Morgan fingerprint density at radius 2 is 2.03 bits per heavy atom. The average molecular weight is 512 g/mol. The third kappa shape index (κ3) is 4.99. The lowest BCUT2D eigenvalue weighted by Crippen LogP contribution is -2.49. The van der Waals surface area contributed by atoms with Crippen molar-refractivity contribution in [2.24, 2.45) is 0 Å². The lowest BCUT2D eigenvalue weighted by molar-refractivity contribution is -0.120. The molecular weight excluding hydrogens is 490 g/mol. The molecule has 11 heteroatoms. The van der Waals surface area contributed by atoms with Crippen molar-refractivity contribution in [3.8, 4) is 17.0 Å². The Morgan fingerprint density at radius 1 is 1.25 bits per heavy atom. The number of carbonyl (C=O) groups is 1. The molecule has 1 fully saturated rings. The molecule has 0 bridgehead atoms. The number of halogens is 1. The number of piperidine rings is 1. The Balaban J connectivity index is 1.49. The highest BCUT2D eigenvalue weighted by Gasteiger charge is 2.38. The first-order chi connectivity index (χ1) is 15.4. The van der Waals surface area contributed by atoms with E-state index < -0.39 is 16.1 Å². The van der Waals surface area contributed by atoms with Crippen LogP contribution in [0.15, 0.2) is 46.0 Å². The van der Waals surface area contributed by atoms with Gasteiger partial charge in [-0.25, -0.2) is 13.4 Å². The van der Waals surface area contributed by atoms with Crippen molar-refractivity contribution in [2.45, 2.75) is 36.4 Å². The molecule has 1 saturated heterocycles. The third-order valence-electron chi connectivity index (χ3n) is 5.06. The normalized spacial score (nSPS) is 17.2. The molecule has 0 spiro atoms. The molecule has 4 rings (SSSR count). The summed E-state index contributed by atoms with van der Waals surface area (Å²) in [6, 6.07) is 9.81.